The van der Waals surface area contributed by atoms with Gasteiger partial charge >= 0.3 is 0 Å². The Morgan fingerprint density at radius 3 is 2.40 bits per heavy atom. The number of nitrogens with one attached hydrogen (secondary N) is 1. The Bertz CT molecular complexity index is 631. The Morgan fingerprint density at radius 1 is 1.25 bits per heavy atom. The van der Waals surface area contributed by atoms with Crippen LogP contribution in [0.5, 0.6) is 0 Å². The maximum absolute atomic E-state index is 12.0. The van der Waals surface area contributed by atoms with Gasteiger partial charge in [0.05, 0.1) is 11.4 Å². The van der Waals surface area contributed by atoms with E-state index in [2.05, 4.69) is 4.72 Å². The first-order valence-electron chi connectivity index (χ1n) is 5.93. The van der Waals surface area contributed by atoms with Crippen molar-refractivity contribution in [1.82, 2.24) is 4.72 Å². The summed E-state index contributed by atoms with van der Waals surface area (Å²) in [6, 6.07) is 5.63. The highest BCUT2D eigenvalue weighted by molar-refractivity contribution is 7.89. The third-order valence-electron chi connectivity index (χ3n) is 2.61. The van der Waals surface area contributed by atoms with Gasteiger partial charge in [-0.3, -0.25) is 4.79 Å². The predicted octanol–water partition coefficient (Wildman–Crippen LogP) is 1.40. The highest BCUT2D eigenvalue weighted by Gasteiger charge is 2.28. The van der Waals surface area contributed by atoms with Gasteiger partial charge < -0.3 is 9.47 Å². The zero-order chi connectivity index (χ0) is 14.8. The first kappa shape index (κ1) is 14.5. The summed E-state index contributed by atoms with van der Waals surface area (Å²) in [5.74, 6) is -0.366. The van der Waals surface area contributed by atoms with Crippen LogP contribution in [0.25, 0.3) is 0 Å². The van der Waals surface area contributed by atoms with Crippen molar-refractivity contribution in [3.05, 3.63) is 41.9 Å². The van der Waals surface area contributed by atoms with Gasteiger partial charge in [-0.25, -0.2) is 13.1 Å². The molecule has 6 nitrogen and oxygen atoms in total. The van der Waals surface area contributed by atoms with E-state index < -0.39 is 15.8 Å². The Hall–Kier alpha value is -1.86. The molecule has 2 rings (SSSR count). The van der Waals surface area contributed by atoms with Crippen molar-refractivity contribution in [3.63, 3.8) is 0 Å². The molecule has 7 heteroatoms. The van der Waals surface area contributed by atoms with Crippen LogP contribution in [0.3, 0.4) is 0 Å². The van der Waals surface area contributed by atoms with E-state index in [9.17, 15) is 13.2 Å². The summed E-state index contributed by atoms with van der Waals surface area (Å²) in [6.45, 7) is 3.45. The smallest absolute Gasteiger partial charge is 0.244 e. The number of carbonyl (C=O) groups excluding carboxylic acids is 1. The van der Waals surface area contributed by atoms with E-state index in [0.717, 1.165) is 0 Å². The molecule has 1 aromatic rings. The molecule has 0 saturated carbocycles. The standard InChI is InChI=1S/C13H15NO5S/c1-13(2)18-9-11(19-13)7-14-20(16,17)12-5-3-10(8-15)4-6-12/h3-6,8-9,14H,7H2,1-2H3. The van der Waals surface area contributed by atoms with Crippen LogP contribution in [0.4, 0.5) is 0 Å². The molecule has 1 heterocycles. The summed E-state index contributed by atoms with van der Waals surface area (Å²) in [5.41, 5.74) is 0.418. The lowest BCUT2D eigenvalue weighted by Gasteiger charge is -2.18. The molecule has 1 aliphatic rings. The van der Waals surface area contributed by atoms with Crippen LogP contribution in [0, 0.1) is 0 Å². The topological polar surface area (TPSA) is 81.7 Å². The van der Waals surface area contributed by atoms with Crippen LogP contribution in [0.1, 0.15) is 24.2 Å². The molecule has 20 heavy (non-hydrogen) atoms. The zero-order valence-corrected chi connectivity index (χ0v) is 11.9. The van der Waals surface area contributed by atoms with E-state index in [0.29, 0.717) is 17.6 Å². The van der Waals surface area contributed by atoms with E-state index in [1.807, 2.05) is 0 Å². The van der Waals surface area contributed by atoms with Crippen LogP contribution in [0.2, 0.25) is 0 Å². The fraction of sp³-hybridized carbons (Fsp3) is 0.308. The molecular formula is C13H15NO5S. The summed E-state index contributed by atoms with van der Waals surface area (Å²) >= 11 is 0. The van der Waals surface area contributed by atoms with Gasteiger partial charge in [0.25, 0.3) is 0 Å². The van der Waals surface area contributed by atoms with Crippen molar-refractivity contribution in [1.29, 1.82) is 0 Å². The Labute approximate surface area is 117 Å². The van der Waals surface area contributed by atoms with Crippen LogP contribution >= 0.6 is 0 Å². The molecule has 1 aliphatic heterocycles. The van der Waals surface area contributed by atoms with Gasteiger partial charge in [-0.05, 0) is 12.1 Å². The number of sulfonamides is 1. The van der Waals surface area contributed by atoms with E-state index in [1.165, 1.54) is 30.5 Å². The predicted molar refractivity (Wildman–Crippen MR) is 71.4 cm³/mol. The lowest BCUT2D eigenvalue weighted by molar-refractivity contribution is -0.116. The van der Waals surface area contributed by atoms with Gasteiger partial charge in [-0.1, -0.05) is 12.1 Å². The zero-order valence-electron chi connectivity index (χ0n) is 11.1. The second-order valence-electron chi connectivity index (χ2n) is 4.72. The SMILES string of the molecule is CC1(C)OC=C(CNS(=O)(=O)c2ccc(C=O)cc2)O1. The molecule has 0 amide bonds. The van der Waals surface area contributed by atoms with Crippen molar-refractivity contribution in [2.45, 2.75) is 24.5 Å². The number of rotatable bonds is 5. The monoisotopic (exact) mass is 297 g/mol. The summed E-state index contributed by atoms with van der Waals surface area (Å²) in [5, 5.41) is 0. The molecule has 0 saturated heterocycles. The van der Waals surface area contributed by atoms with Gasteiger partial charge in [0.2, 0.25) is 15.8 Å². The highest BCUT2D eigenvalue weighted by Crippen LogP contribution is 2.23. The number of carbonyl (C=O) groups is 1. The fourth-order valence-corrected chi connectivity index (χ4v) is 2.62. The lowest BCUT2D eigenvalue weighted by Crippen LogP contribution is -2.28. The van der Waals surface area contributed by atoms with Crippen molar-refractivity contribution < 1.29 is 22.7 Å². The molecule has 0 aromatic heterocycles. The second kappa shape index (κ2) is 5.26. The number of hydrogen-bond donors (Lipinski definition) is 1. The van der Waals surface area contributed by atoms with Crippen LogP contribution in [-0.4, -0.2) is 27.0 Å². The molecule has 0 unspecified atom stereocenters. The Balaban J connectivity index is 2.02. The van der Waals surface area contributed by atoms with Crippen LogP contribution < -0.4 is 4.72 Å². The Morgan fingerprint density at radius 2 is 1.90 bits per heavy atom. The van der Waals surface area contributed by atoms with Crippen LogP contribution in [0.15, 0.2) is 41.2 Å². The minimum absolute atomic E-state index is 0.00119. The normalized spacial score (nSPS) is 17.0. The molecule has 0 spiro atoms. The van der Waals surface area contributed by atoms with E-state index in [1.54, 1.807) is 13.8 Å². The molecule has 1 aromatic carbocycles. The average molecular weight is 297 g/mol. The van der Waals surface area contributed by atoms with Gasteiger partial charge in [0.15, 0.2) is 5.76 Å². The molecule has 0 radical (unpaired) electrons. The third kappa shape index (κ3) is 3.37. The van der Waals surface area contributed by atoms with E-state index in [-0.39, 0.29) is 11.4 Å². The lowest BCUT2D eigenvalue weighted by atomic mass is 10.2. The summed E-state index contributed by atoms with van der Waals surface area (Å²) in [7, 11) is -3.65. The maximum atomic E-state index is 12.0. The molecule has 0 bridgehead atoms. The molecule has 0 atom stereocenters. The summed E-state index contributed by atoms with van der Waals surface area (Å²) in [6.07, 6.45) is 2.04. The molecule has 108 valence electrons. The van der Waals surface area contributed by atoms with E-state index in [4.69, 9.17) is 9.47 Å². The summed E-state index contributed by atoms with van der Waals surface area (Å²) < 4.78 is 37.0. The van der Waals surface area contributed by atoms with Gasteiger partial charge in [0.1, 0.15) is 12.5 Å². The largest absolute Gasteiger partial charge is 0.457 e. The molecule has 1 N–H and O–H groups in total. The quantitative estimate of drug-likeness (QED) is 0.831. The molecule has 0 aliphatic carbocycles. The first-order chi connectivity index (χ1) is 9.32. The highest BCUT2D eigenvalue weighted by atomic mass is 32.2. The van der Waals surface area contributed by atoms with E-state index >= 15 is 0 Å². The number of hydrogen-bond acceptors (Lipinski definition) is 5. The van der Waals surface area contributed by atoms with Crippen LogP contribution in [-0.2, 0) is 19.5 Å². The maximum Gasteiger partial charge on any atom is 0.244 e. The van der Waals surface area contributed by atoms with Gasteiger partial charge in [-0.2, -0.15) is 0 Å². The van der Waals surface area contributed by atoms with Gasteiger partial charge in [0, 0.05) is 19.4 Å². The fourth-order valence-electron chi connectivity index (χ4n) is 1.62. The molecular weight excluding hydrogens is 282 g/mol. The Kier molecular flexibility index (Phi) is 3.82. The molecule has 0 fully saturated rings. The van der Waals surface area contributed by atoms with Crippen molar-refractivity contribution in [2.75, 3.05) is 6.54 Å². The minimum atomic E-state index is -3.65. The second-order valence-corrected chi connectivity index (χ2v) is 6.48. The number of benzene rings is 1. The van der Waals surface area contributed by atoms with Crippen molar-refractivity contribution >= 4 is 16.3 Å². The number of ether oxygens (including phenoxy) is 2. The average Bonchev–Trinajstić information content (AvgIpc) is 2.76. The number of aldehydes is 1. The third-order valence-corrected chi connectivity index (χ3v) is 4.03. The van der Waals surface area contributed by atoms with Gasteiger partial charge in [-0.15, -0.1) is 0 Å². The first-order valence-corrected chi connectivity index (χ1v) is 7.41. The minimum Gasteiger partial charge on any atom is -0.457 e. The van der Waals surface area contributed by atoms with Crippen molar-refractivity contribution in [3.8, 4) is 0 Å². The summed E-state index contributed by atoms with van der Waals surface area (Å²) in [4.78, 5) is 10.6. The van der Waals surface area contributed by atoms with Crippen molar-refractivity contribution in [2.24, 2.45) is 0 Å².